The van der Waals surface area contributed by atoms with Crippen molar-refractivity contribution in [2.24, 2.45) is 0 Å². The number of fused-ring (bicyclic) bond motifs is 1. The molecule has 0 spiro atoms. The number of aliphatic carboxylic acids is 1. The van der Waals surface area contributed by atoms with Crippen molar-refractivity contribution in [3.63, 3.8) is 0 Å². The number of aromatic nitrogens is 3. The molecule has 0 unspecified atom stereocenters. The molecule has 0 atom stereocenters. The van der Waals surface area contributed by atoms with E-state index in [1.165, 1.54) is 4.90 Å². The Morgan fingerprint density at radius 2 is 2.41 bits per heavy atom. The maximum absolute atomic E-state index is 10.8. The van der Waals surface area contributed by atoms with Crippen molar-refractivity contribution in [2.75, 3.05) is 18.0 Å². The fourth-order valence-corrected chi connectivity index (χ4v) is 1.57. The second kappa shape index (κ2) is 4.53. The predicted octanol–water partition coefficient (Wildman–Crippen LogP) is 0.253. The number of nitrogens with zero attached hydrogens (tertiary/aromatic N) is 4. The van der Waals surface area contributed by atoms with E-state index in [-0.39, 0.29) is 13.1 Å². The summed E-state index contributed by atoms with van der Waals surface area (Å²) < 4.78 is 1.62. The first-order valence-corrected chi connectivity index (χ1v) is 4.91. The summed E-state index contributed by atoms with van der Waals surface area (Å²) in [5, 5.41) is 12.9. The van der Waals surface area contributed by atoms with Gasteiger partial charge in [-0.2, -0.15) is 5.10 Å². The molecule has 86 valence electrons. The molecule has 0 aliphatic carbocycles. The summed E-state index contributed by atoms with van der Waals surface area (Å²) in [6, 6.07) is 1.76. The number of carbonyl (C=O) groups is 1. The Hall–Kier alpha value is -2.55. The number of hydrogen-bond acceptors (Lipinski definition) is 4. The van der Waals surface area contributed by atoms with E-state index in [2.05, 4.69) is 16.0 Å². The lowest BCUT2D eigenvalue weighted by Gasteiger charge is -2.19. The minimum absolute atomic E-state index is 0.185. The van der Waals surface area contributed by atoms with Gasteiger partial charge in [-0.3, -0.25) is 4.79 Å². The van der Waals surface area contributed by atoms with E-state index in [0.29, 0.717) is 5.82 Å². The van der Waals surface area contributed by atoms with E-state index in [1.54, 1.807) is 29.2 Å². The van der Waals surface area contributed by atoms with Gasteiger partial charge in [-0.15, -0.1) is 6.42 Å². The molecule has 2 aromatic rings. The molecule has 0 amide bonds. The molecule has 0 aliphatic rings. The van der Waals surface area contributed by atoms with Gasteiger partial charge in [-0.05, 0) is 6.07 Å². The second-order valence-corrected chi connectivity index (χ2v) is 3.37. The number of rotatable bonds is 4. The van der Waals surface area contributed by atoms with Gasteiger partial charge in [0.15, 0.2) is 5.82 Å². The molecule has 2 rings (SSSR count). The van der Waals surface area contributed by atoms with Crippen LogP contribution in [0.4, 0.5) is 5.82 Å². The Morgan fingerprint density at radius 3 is 3.12 bits per heavy atom. The second-order valence-electron chi connectivity index (χ2n) is 3.37. The number of carboxylic acids is 1. The lowest BCUT2D eigenvalue weighted by molar-refractivity contribution is -0.135. The zero-order valence-electron chi connectivity index (χ0n) is 8.95. The van der Waals surface area contributed by atoms with Crippen molar-refractivity contribution in [2.45, 2.75) is 0 Å². The fraction of sp³-hybridized carbons (Fsp3) is 0.182. The third-order valence-corrected chi connectivity index (χ3v) is 2.21. The Labute approximate surface area is 97.5 Å². The van der Waals surface area contributed by atoms with Crippen LogP contribution in [0.25, 0.3) is 5.52 Å². The topological polar surface area (TPSA) is 70.7 Å². The summed E-state index contributed by atoms with van der Waals surface area (Å²) in [6.07, 6.45) is 10.1. The van der Waals surface area contributed by atoms with E-state index in [0.717, 1.165) is 5.52 Å². The maximum atomic E-state index is 10.8. The summed E-state index contributed by atoms with van der Waals surface area (Å²) in [5.74, 6) is 1.99. The van der Waals surface area contributed by atoms with Crippen LogP contribution in [0.5, 0.6) is 0 Å². The maximum Gasteiger partial charge on any atom is 0.323 e. The van der Waals surface area contributed by atoms with Crippen molar-refractivity contribution < 1.29 is 9.90 Å². The smallest absolute Gasteiger partial charge is 0.323 e. The minimum atomic E-state index is -0.955. The Balaban J connectivity index is 2.44. The SMILES string of the molecule is C#CCN(CC(=O)O)c1nccn2nccc12. The number of carboxylic acid groups (broad SMARTS) is 1. The van der Waals surface area contributed by atoms with Gasteiger partial charge in [0.2, 0.25) is 0 Å². The van der Waals surface area contributed by atoms with Crippen LogP contribution in [0, 0.1) is 12.3 Å². The van der Waals surface area contributed by atoms with Crippen molar-refractivity contribution in [3.05, 3.63) is 24.7 Å². The predicted molar refractivity (Wildman–Crippen MR) is 61.7 cm³/mol. The molecule has 0 radical (unpaired) electrons. The standard InChI is InChI=1S/C11H10N4O2/c1-2-6-14(8-10(16)17)11-9-3-4-13-15(9)7-5-12-11/h1,3-5,7H,6,8H2,(H,16,17). The number of hydrogen-bond donors (Lipinski definition) is 1. The van der Waals surface area contributed by atoms with Gasteiger partial charge in [0, 0.05) is 12.4 Å². The van der Waals surface area contributed by atoms with E-state index in [1.807, 2.05) is 0 Å². The van der Waals surface area contributed by atoms with Gasteiger partial charge in [-0.1, -0.05) is 5.92 Å². The first-order chi connectivity index (χ1) is 8.22. The molecule has 0 fully saturated rings. The van der Waals surface area contributed by atoms with Crippen LogP contribution in [-0.2, 0) is 4.79 Å². The number of terminal acetylenes is 1. The highest BCUT2D eigenvalue weighted by atomic mass is 16.4. The van der Waals surface area contributed by atoms with Gasteiger partial charge in [0.1, 0.15) is 12.1 Å². The Kier molecular flexibility index (Phi) is 2.92. The molecule has 0 aromatic carbocycles. The summed E-state index contributed by atoms with van der Waals surface area (Å²) in [7, 11) is 0. The molecule has 0 bridgehead atoms. The van der Waals surface area contributed by atoms with Crippen molar-refractivity contribution in [1.29, 1.82) is 0 Å². The van der Waals surface area contributed by atoms with E-state index < -0.39 is 5.97 Å². The van der Waals surface area contributed by atoms with Crippen molar-refractivity contribution >= 4 is 17.3 Å². The van der Waals surface area contributed by atoms with Crippen molar-refractivity contribution in [3.8, 4) is 12.3 Å². The van der Waals surface area contributed by atoms with Crippen LogP contribution in [0.3, 0.4) is 0 Å². The normalized spacial score (nSPS) is 10.1. The van der Waals surface area contributed by atoms with Crippen LogP contribution in [0.2, 0.25) is 0 Å². The molecule has 6 nitrogen and oxygen atoms in total. The molecule has 0 saturated carbocycles. The molecule has 2 aromatic heterocycles. The molecular formula is C11H10N4O2. The molecule has 1 N–H and O–H groups in total. The van der Waals surface area contributed by atoms with Crippen LogP contribution in [-0.4, -0.2) is 38.8 Å². The highest BCUT2D eigenvalue weighted by molar-refractivity contribution is 5.77. The van der Waals surface area contributed by atoms with Gasteiger partial charge in [-0.25, -0.2) is 9.50 Å². The van der Waals surface area contributed by atoms with Gasteiger partial charge in [0.25, 0.3) is 0 Å². The first-order valence-electron chi connectivity index (χ1n) is 4.91. The lowest BCUT2D eigenvalue weighted by Crippen LogP contribution is -2.31. The molecule has 0 saturated heterocycles. The monoisotopic (exact) mass is 230 g/mol. The average molecular weight is 230 g/mol. The summed E-state index contributed by atoms with van der Waals surface area (Å²) in [5.41, 5.74) is 0.726. The highest BCUT2D eigenvalue weighted by Crippen LogP contribution is 2.17. The van der Waals surface area contributed by atoms with Crippen LogP contribution in [0.1, 0.15) is 0 Å². The van der Waals surface area contributed by atoms with Crippen LogP contribution >= 0.6 is 0 Å². The third-order valence-electron chi connectivity index (χ3n) is 2.21. The third kappa shape index (κ3) is 2.18. The summed E-state index contributed by atoms with van der Waals surface area (Å²) >= 11 is 0. The molecular weight excluding hydrogens is 220 g/mol. The Morgan fingerprint density at radius 1 is 1.59 bits per heavy atom. The largest absolute Gasteiger partial charge is 0.480 e. The molecule has 0 aliphatic heterocycles. The van der Waals surface area contributed by atoms with E-state index >= 15 is 0 Å². The van der Waals surface area contributed by atoms with E-state index in [9.17, 15) is 4.79 Å². The van der Waals surface area contributed by atoms with Crippen molar-refractivity contribution in [1.82, 2.24) is 14.6 Å². The quantitative estimate of drug-likeness (QED) is 0.762. The zero-order valence-corrected chi connectivity index (χ0v) is 8.95. The fourth-order valence-electron chi connectivity index (χ4n) is 1.57. The lowest BCUT2D eigenvalue weighted by atomic mass is 10.4. The van der Waals surface area contributed by atoms with Gasteiger partial charge >= 0.3 is 5.97 Å². The number of anilines is 1. The zero-order chi connectivity index (χ0) is 12.3. The summed E-state index contributed by atoms with van der Waals surface area (Å²) in [4.78, 5) is 16.4. The molecule has 17 heavy (non-hydrogen) atoms. The molecule has 6 heteroatoms. The first kappa shape index (κ1) is 11.0. The van der Waals surface area contributed by atoms with Gasteiger partial charge < -0.3 is 10.0 Å². The van der Waals surface area contributed by atoms with Crippen LogP contribution < -0.4 is 4.90 Å². The minimum Gasteiger partial charge on any atom is -0.480 e. The van der Waals surface area contributed by atoms with Gasteiger partial charge in [0.05, 0.1) is 12.7 Å². The van der Waals surface area contributed by atoms with Crippen LogP contribution in [0.15, 0.2) is 24.7 Å². The highest BCUT2D eigenvalue weighted by Gasteiger charge is 2.14. The van der Waals surface area contributed by atoms with E-state index in [4.69, 9.17) is 11.5 Å². The molecule has 2 heterocycles. The summed E-state index contributed by atoms with van der Waals surface area (Å²) in [6.45, 7) is -0.00773. The Bertz CT molecular complexity index is 584. The average Bonchev–Trinajstić information content (AvgIpc) is 2.75.